The third kappa shape index (κ3) is 2.13. The third-order valence-corrected chi connectivity index (χ3v) is 4.10. The number of anilines is 1. The second-order valence-electron chi connectivity index (χ2n) is 5.37. The molecule has 1 aromatic rings. The molecule has 0 radical (unpaired) electrons. The maximum atomic E-state index is 9.54. The van der Waals surface area contributed by atoms with Crippen molar-refractivity contribution in [3.63, 3.8) is 0 Å². The highest BCUT2D eigenvalue weighted by Gasteiger charge is 2.30. The number of fused-ring (bicyclic) bond motifs is 1. The second kappa shape index (κ2) is 4.90. The van der Waals surface area contributed by atoms with Crippen LogP contribution in [-0.4, -0.2) is 24.2 Å². The number of aliphatic hydroxyl groups excluding tert-OH is 1. The van der Waals surface area contributed by atoms with Gasteiger partial charge in [-0.05, 0) is 31.7 Å². The molecule has 1 aliphatic heterocycles. The number of hydrogen-bond acceptors (Lipinski definition) is 3. The molecular formula is C15H22N2O. The fourth-order valence-electron chi connectivity index (χ4n) is 2.98. The Kier molecular flexibility index (Phi) is 3.27. The smallest absolute Gasteiger partial charge is 0.0702 e. The Hall–Kier alpha value is -1.06. The quantitative estimate of drug-likeness (QED) is 0.855. The van der Waals surface area contributed by atoms with E-state index in [0.29, 0.717) is 6.04 Å². The van der Waals surface area contributed by atoms with E-state index in [9.17, 15) is 5.11 Å². The van der Waals surface area contributed by atoms with Gasteiger partial charge in [0, 0.05) is 36.4 Å². The van der Waals surface area contributed by atoms with Crippen LogP contribution in [0.4, 0.5) is 5.69 Å². The topological polar surface area (TPSA) is 35.5 Å². The van der Waals surface area contributed by atoms with Crippen molar-refractivity contribution in [1.29, 1.82) is 0 Å². The first-order valence-electron chi connectivity index (χ1n) is 7.07. The van der Waals surface area contributed by atoms with Gasteiger partial charge in [0.2, 0.25) is 0 Å². The summed E-state index contributed by atoms with van der Waals surface area (Å²) in [6, 6.07) is 7.54. The molecule has 1 saturated carbocycles. The van der Waals surface area contributed by atoms with Gasteiger partial charge in [0.05, 0.1) is 6.61 Å². The highest BCUT2D eigenvalue weighted by atomic mass is 16.3. The van der Waals surface area contributed by atoms with Gasteiger partial charge in [-0.2, -0.15) is 0 Å². The summed E-state index contributed by atoms with van der Waals surface area (Å²) in [5, 5.41) is 13.3. The molecule has 1 aliphatic carbocycles. The van der Waals surface area contributed by atoms with Gasteiger partial charge in [0.15, 0.2) is 0 Å². The van der Waals surface area contributed by atoms with Crippen LogP contribution in [0.25, 0.3) is 0 Å². The van der Waals surface area contributed by atoms with Gasteiger partial charge in [-0.25, -0.2) is 0 Å². The van der Waals surface area contributed by atoms with Crippen molar-refractivity contribution in [3.05, 3.63) is 29.3 Å². The lowest BCUT2D eigenvalue weighted by molar-refractivity contribution is 0.281. The zero-order valence-corrected chi connectivity index (χ0v) is 11.0. The standard InChI is InChI=1S/C15H22N2O/c1-2-17-9-8-14(16-12-6-7-12)13-5-3-4-11(10-18)15(13)17/h3-5,12,14,16,18H,2,6-10H2,1H3. The van der Waals surface area contributed by atoms with E-state index in [-0.39, 0.29) is 6.61 Å². The Morgan fingerprint density at radius 2 is 2.17 bits per heavy atom. The van der Waals surface area contributed by atoms with Gasteiger partial charge in [-0.15, -0.1) is 0 Å². The SMILES string of the molecule is CCN1CCC(NC2CC2)c2cccc(CO)c21. The molecule has 0 saturated heterocycles. The largest absolute Gasteiger partial charge is 0.392 e. The molecule has 2 N–H and O–H groups in total. The number of nitrogens with one attached hydrogen (secondary N) is 1. The lowest BCUT2D eigenvalue weighted by Gasteiger charge is -2.37. The molecule has 0 bridgehead atoms. The average Bonchev–Trinajstić information content (AvgIpc) is 3.22. The molecular weight excluding hydrogens is 224 g/mol. The van der Waals surface area contributed by atoms with Crippen LogP contribution >= 0.6 is 0 Å². The number of aliphatic hydroxyl groups is 1. The second-order valence-corrected chi connectivity index (χ2v) is 5.37. The molecule has 1 unspecified atom stereocenters. The molecule has 1 fully saturated rings. The highest BCUT2D eigenvalue weighted by molar-refractivity contribution is 5.62. The third-order valence-electron chi connectivity index (χ3n) is 4.10. The number of benzene rings is 1. The molecule has 3 nitrogen and oxygen atoms in total. The normalized spacial score (nSPS) is 23.0. The van der Waals surface area contributed by atoms with Crippen LogP contribution in [0.1, 0.15) is 43.4 Å². The van der Waals surface area contributed by atoms with Crippen molar-refractivity contribution < 1.29 is 5.11 Å². The van der Waals surface area contributed by atoms with E-state index in [0.717, 1.165) is 24.7 Å². The number of nitrogens with zero attached hydrogens (tertiary/aromatic N) is 1. The Morgan fingerprint density at radius 3 is 2.83 bits per heavy atom. The van der Waals surface area contributed by atoms with Crippen LogP contribution in [0.3, 0.4) is 0 Å². The molecule has 1 atom stereocenters. The Bertz CT molecular complexity index is 429. The highest BCUT2D eigenvalue weighted by Crippen LogP contribution is 2.38. The van der Waals surface area contributed by atoms with Gasteiger partial charge < -0.3 is 15.3 Å². The van der Waals surface area contributed by atoms with E-state index in [1.165, 1.54) is 30.5 Å². The first kappa shape index (κ1) is 12.0. The monoisotopic (exact) mass is 246 g/mol. The lowest BCUT2D eigenvalue weighted by Crippen LogP contribution is -2.37. The Morgan fingerprint density at radius 1 is 1.33 bits per heavy atom. The fraction of sp³-hybridized carbons (Fsp3) is 0.600. The lowest BCUT2D eigenvalue weighted by atomic mass is 9.93. The summed E-state index contributed by atoms with van der Waals surface area (Å²) in [7, 11) is 0. The first-order chi connectivity index (χ1) is 8.83. The zero-order chi connectivity index (χ0) is 12.5. The van der Waals surface area contributed by atoms with Crippen molar-refractivity contribution in [2.75, 3.05) is 18.0 Å². The molecule has 18 heavy (non-hydrogen) atoms. The number of hydrogen-bond donors (Lipinski definition) is 2. The first-order valence-corrected chi connectivity index (χ1v) is 7.07. The molecule has 1 aromatic carbocycles. The predicted octanol–water partition coefficient (Wildman–Crippen LogP) is 2.20. The number of rotatable bonds is 4. The Balaban J connectivity index is 1.96. The van der Waals surface area contributed by atoms with Gasteiger partial charge in [-0.3, -0.25) is 0 Å². The van der Waals surface area contributed by atoms with E-state index in [2.05, 4.69) is 29.3 Å². The van der Waals surface area contributed by atoms with E-state index in [1.54, 1.807) is 0 Å². The van der Waals surface area contributed by atoms with E-state index in [4.69, 9.17) is 0 Å². The van der Waals surface area contributed by atoms with Crippen molar-refractivity contribution in [2.24, 2.45) is 0 Å². The van der Waals surface area contributed by atoms with E-state index < -0.39 is 0 Å². The summed E-state index contributed by atoms with van der Waals surface area (Å²) >= 11 is 0. The van der Waals surface area contributed by atoms with Crippen LogP contribution in [0.15, 0.2) is 18.2 Å². The van der Waals surface area contributed by atoms with E-state index in [1.807, 2.05) is 6.07 Å². The van der Waals surface area contributed by atoms with Gasteiger partial charge in [0.25, 0.3) is 0 Å². The molecule has 0 spiro atoms. The molecule has 98 valence electrons. The summed E-state index contributed by atoms with van der Waals surface area (Å²) in [5.41, 5.74) is 3.71. The molecule has 0 aromatic heterocycles. The predicted molar refractivity (Wildman–Crippen MR) is 73.8 cm³/mol. The van der Waals surface area contributed by atoms with Crippen LogP contribution < -0.4 is 10.2 Å². The maximum Gasteiger partial charge on any atom is 0.0702 e. The van der Waals surface area contributed by atoms with Crippen LogP contribution in [0, 0.1) is 0 Å². The zero-order valence-electron chi connectivity index (χ0n) is 11.0. The van der Waals surface area contributed by atoms with E-state index >= 15 is 0 Å². The summed E-state index contributed by atoms with van der Waals surface area (Å²) < 4.78 is 0. The van der Waals surface area contributed by atoms with Gasteiger partial charge >= 0.3 is 0 Å². The minimum absolute atomic E-state index is 0.135. The van der Waals surface area contributed by atoms with Crippen LogP contribution in [0.2, 0.25) is 0 Å². The average molecular weight is 246 g/mol. The summed E-state index contributed by atoms with van der Waals surface area (Å²) in [6.45, 7) is 4.42. The minimum Gasteiger partial charge on any atom is -0.392 e. The molecule has 1 heterocycles. The van der Waals surface area contributed by atoms with Crippen molar-refractivity contribution in [1.82, 2.24) is 5.32 Å². The molecule has 2 aliphatic rings. The van der Waals surface area contributed by atoms with Crippen molar-refractivity contribution in [2.45, 2.75) is 44.9 Å². The molecule has 3 heteroatoms. The summed E-state index contributed by atoms with van der Waals surface area (Å²) in [5.74, 6) is 0. The van der Waals surface area contributed by atoms with Crippen molar-refractivity contribution >= 4 is 5.69 Å². The molecule has 3 rings (SSSR count). The van der Waals surface area contributed by atoms with Gasteiger partial charge in [0.1, 0.15) is 0 Å². The van der Waals surface area contributed by atoms with Crippen LogP contribution in [0.5, 0.6) is 0 Å². The summed E-state index contributed by atoms with van der Waals surface area (Å²) in [4.78, 5) is 2.39. The van der Waals surface area contributed by atoms with Crippen molar-refractivity contribution in [3.8, 4) is 0 Å². The summed E-state index contributed by atoms with van der Waals surface area (Å²) in [6.07, 6.45) is 3.82. The maximum absolute atomic E-state index is 9.54. The van der Waals surface area contributed by atoms with Crippen LogP contribution in [-0.2, 0) is 6.61 Å². The Labute approximate surface area is 109 Å². The minimum atomic E-state index is 0.135. The van der Waals surface area contributed by atoms with Gasteiger partial charge in [-0.1, -0.05) is 18.2 Å². The molecule has 0 amide bonds. The number of para-hydroxylation sites is 1. The fourth-order valence-corrected chi connectivity index (χ4v) is 2.98.